The van der Waals surface area contributed by atoms with Crippen LogP contribution in [0, 0.1) is 5.92 Å². The summed E-state index contributed by atoms with van der Waals surface area (Å²) in [6.45, 7) is 8.52. The van der Waals surface area contributed by atoms with Crippen LogP contribution in [0.3, 0.4) is 0 Å². The molecule has 1 aliphatic rings. The summed E-state index contributed by atoms with van der Waals surface area (Å²) < 4.78 is 0. The van der Waals surface area contributed by atoms with Crippen LogP contribution in [0.5, 0.6) is 0 Å². The van der Waals surface area contributed by atoms with Crippen molar-refractivity contribution in [3.8, 4) is 0 Å². The van der Waals surface area contributed by atoms with Crippen LogP contribution in [-0.2, 0) is 4.79 Å². The lowest BCUT2D eigenvalue weighted by molar-refractivity contribution is -0.132. The Labute approximate surface area is 115 Å². The number of nitrogens with zero attached hydrogens (tertiary/aromatic N) is 1. The first kappa shape index (κ1) is 13.7. The number of benzene rings is 1. The Hall–Kier alpha value is -1.71. The van der Waals surface area contributed by atoms with E-state index in [4.69, 9.17) is 0 Å². The van der Waals surface area contributed by atoms with E-state index in [1.54, 1.807) is 0 Å². The summed E-state index contributed by atoms with van der Waals surface area (Å²) in [5.74, 6) is 0.672. The first-order valence-corrected chi connectivity index (χ1v) is 7.00. The highest BCUT2D eigenvalue weighted by Gasteiger charge is 2.27. The Kier molecular flexibility index (Phi) is 4.30. The Morgan fingerprint density at radius 1 is 1.37 bits per heavy atom. The van der Waals surface area contributed by atoms with Gasteiger partial charge in [-0.3, -0.25) is 4.79 Å². The van der Waals surface area contributed by atoms with Crippen molar-refractivity contribution in [2.75, 3.05) is 30.3 Å². The van der Waals surface area contributed by atoms with E-state index in [0.717, 1.165) is 24.5 Å². The van der Waals surface area contributed by atoms with E-state index in [1.165, 1.54) is 0 Å². The van der Waals surface area contributed by atoms with E-state index in [1.807, 2.05) is 36.1 Å². The molecule has 1 unspecified atom stereocenters. The molecule has 0 saturated heterocycles. The normalized spacial score (nSPS) is 17.4. The van der Waals surface area contributed by atoms with Gasteiger partial charge in [0.05, 0.1) is 11.4 Å². The quantitative estimate of drug-likeness (QED) is 0.874. The van der Waals surface area contributed by atoms with Crippen molar-refractivity contribution in [3.05, 3.63) is 24.3 Å². The van der Waals surface area contributed by atoms with Gasteiger partial charge >= 0.3 is 0 Å². The molecule has 2 rings (SSSR count). The first-order chi connectivity index (χ1) is 9.11. The summed E-state index contributed by atoms with van der Waals surface area (Å²) in [6.07, 6.45) is 0. The zero-order chi connectivity index (χ0) is 13.8. The SMILES string of the molecule is CCN(CC(C)C)C(=O)C1CNc2ccccc2N1. The van der Waals surface area contributed by atoms with Crippen molar-refractivity contribution in [2.45, 2.75) is 26.8 Å². The van der Waals surface area contributed by atoms with Crippen LogP contribution in [0.2, 0.25) is 0 Å². The molecular weight excluding hydrogens is 238 g/mol. The average Bonchev–Trinajstić information content (AvgIpc) is 2.43. The lowest BCUT2D eigenvalue weighted by Crippen LogP contribution is -2.49. The number of para-hydroxylation sites is 2. The maximum Gasteiger partial charge on any atom is 0.246 e. The molecule has 1 amide bonds. The molecule has 0 saturated carbocycles. The summed E-state index contributed by atoms with van der Waals surface area (Å²) in [5, 5.41) is 6.65. The smallest absolute Gasteiger partial charge is 0.246 e. The standard InChI is InChI=1S/C15H23N3O/c1-4-18(10-11(2)3)15(19)14-9-16-12-7-5-6-8-13(12)17-14/h5-8,11,14,16-17H,4,9-10H2,1-3H3. The summed E-state index contributed by atoms with van der Waals surface area (Å²) in [5.41, 5.74) is 2.08. The zero-order valence-electron chi connectivity index (χ0n) is 11.9. The van der Waals surface area contributed by atoms with Crippen molar-refractivity contribution in [1.82, 2.24) is 4.90 Å². The van der Waals surface area contributed by atoms with Crippen molar-refractivity contribution in [1.29, 1.82) is 0 Å². The minimum Gasteiger partial charge on any atom is -0.381 e. The number of carbonyl (C=O) groups excluding carboxylic acids is 1. The minimum atomic E-state index is -0.173. The molecule has 0 aromatic heterocycles. The van der Waals surface area contributed by atoms with Gasteiger partial charge in [-0.25, -0.2) is 0 Å². The van der Waals surface area contributed by atoms with Gasteiger partial charge in [-0.05, 0) is 25.0 Å². The van der Waals surface area contributed by atoms with Gasteiger partial charge in [0.25, 0.3) is 0 Å². The van der Waals surface area contributed by atoms with Gasteiger partial charge in [0.15, 0.2) is 0 Å². The second kappa shape index (κ2) is 5.95. The molecule has 0 bridgehead atoms. The number of anilines is 2. The Morgan fingerprint density at radius 2 is 2.05 bits per heavy atom. The molecule has 104 valence electrons. The van der Waals surface area contributed by atoms with Crippen LogP contribution in [0.4, 0.5) is 11.4 Å². The fraction of sp³-hybridized carbons (Fsp3) is 0.533. The molecular formula is C15H23N3O. The largest absolute Gasteiger partial charge is 0.381 e. The van der Waals surface area contributed by atoms with E-state index in [0.29, 0.717) is 12.5 Å². The Morgan fingerprint density at radius 3 is 2.68 bits per heavy atom. The maximum atomic E-state index is 12.5. The number of fused-ring (bicyclic) bond motifs is 1. The number of hydrogen-bond donors (Lipinski definition) is 2. The third kappa shape index (κ3) is 3.19. The fourth-order valence-corrected chi connectivity index (χ4v) is 2.40. The van der Waals surface area contributed by atoms with Crippen molar-refractivity contribution < 1.29 is 4.79 Å². The van der Waals surface area contributed by atoms with E-state index in [-0.39, 0.29) is 11.9 Å². The predicted molar refractivity (Wildman–Crippen MR) is 79.4 cm³/mol. The molecule has 1 atom stereocenters. The lowest BCUT2D eigenvalue weighted by Gasteiger charge is -2.32. The molecule has 19 heavy (non-hydrogen) atoms. The van der Waals surface area contributed by atoms with Crippen LogP contribution < -0.4 is 10.6 Å². The van der Waals surface area contributed by atoms with Gasteiger partial charge in [0, 0.05) is 19.6 Å². The molecule has 4 heteroatoms. The molecule has 0 aliphatic carbocycles. The monoisotopic (exact) mass is 261 g/mol. The number of rotatable bonds is 4. The van der Waals surface area contributed by atoms with Gasteiger partial charge in [0.2, 0.25) is 5.91 Å². The maximum absolute atomic E-state index is 12.5. The number of amides is 1. The van der Waals surface area contributed by atoms with Gasteiger partial charge in [0.1, 0.15) is 6.04 Å². The van der Waals surface area contributed by atoms with Gasteiger partial charge in [-0.15, -0.1) is 0 Å². The molecule has 0 fully saturated rings. The minimum absolute atomic E-state index is 0.173. The van der Waals surface area contributed by atoms with E-state index in [2.05, 4.69) is 24.5 Å². The summed E-state index contributed by atoms with van der Waals surface area (Å²) in [6, 6.07) is 7.82. The highest BCUT2D eigenvalue weighted by molar-refractivity contribution is 5.88. The molecule has 2 N–H and O–H groups in total. The number of likely N-dealkylation sites (N-methyl/N-ethyl adjacent to an activating group) is 1. The fourth-order valence-electron chi connectivity index (χ4n) is 2.40. The van der Waals surface area contributed by atoms with Crippen molar-refractivity contribution in [2.24, 2.45) is 5.92 Å². The van der Waals surface area contributed by atoms with Crippen LogP contribution in [0.15, 0.2) is 24.3 Å². The summed E-state index contributed by atoms with van der Waals surface area (Å²) in [4.78, 5) is 14.4. The highest BCUT2D eigenvalue weighted by atomic mass is 16.2. The van der Waals surface area contributed by atoms with E-state index in [9.17, 15) is 4.79 Å². The third-order valence-corrected chi connectivity index (χ3v) is 3.33. The second-order valence-electron chi connectivity index (χ2n) is 5.39. The van der Waals surface area contributed by atoms with Gasteiger partial charge < -0.3 is 15.5 Å². The zero-order valence-corrected chi connectivity index (χ0v) is 11.9. The molecule has 1 aromatic rings. The van der Waals surface area contributed by atoms with Crippen molar-refractivity contribution >= 4 is 17.3 Å². The predicted octanol–water partition coefficient (Wildman–Crippen LogP) is 2.40. The van der Waals surface area contributed by atoms with Gasteiger partial charge in [-0.2, -0.15) is 0 Å². The molecule has 1 aliphatic heterocycles. The summed E-state index contributed by atoms with van der Waals surface area (Å²) in [7, 11) is 0. The van der Waals surface area contributed by atoms with Crippen LogP contribution in [-0.4, -0.2) is 36.5 Å². The van der Waals surface area contributed by atoms with Crippen LogP contribution in [0.25, 0.3) is 0 Å². The molecule has 1 aromatic carbocycles. The lowest BCUT2D eigenvalue weighted by atomic mass is 10.1. The van der Waals surface area contributed by atoms with Gasteiger partial charge in [-0.1, -0.05) is 26.0 Å². The molecule has 4 nitrogen and oxygen atoms in total. The first-order valence-electron chi connectivity index (χ1n) is 7.00. The highest BCUT2D eigenvalue weighted by Crippen LogP contribution is 2.25. The third-order valence-electron chi connectivity index (χ3n) is 3.33. The van der Waals surface area contributed by atoms with Crippen LogP contribution in [0.1, 0.15) is 20.8 Å². The number of hydrogen-bond acceptors (Lipinski definition) is 3. The van der Waals surface area contributed by atoms with Crippen LogP contribution >= 0.6 is 0 Å². The average molecular weight is 261 g/mol. The van der Waals surface area contributed by atoms with E-state index >= 15 is 0 Å². The Bertz CT molecular complexity index is 445. The summed E-state index contributed by atoms with van der Waals surface area (Å²) >= 11 is 0. The van der Waals surface area contributed by atoms with E-state index < -0.39 is 0 Å². The number of nitrogens with one attached hydrogen (secondary N) is 2. The second-order valence-corrected chi connectivity index (χ2v) is 5.39. The molecule has 1 heterocycles. The topological polar surface area (TPSA) is 44.4 Å². The molecule has 0 spiro atoms. The molecule has 0 radical (unpaired) electrons. The Balaban J connectivity index is 2.05. The number of carbonyl (C=O) groups is 1. The van der Waals surface area contributed by atoms with Crippen molar-refractivity contribution in [3.63, 3.8) is 0 Å².